The molecule has 0 aliphatic rings. The van der Waals surface area contributed by atoms with E-state index in [4.69, 9.17) is 16.6 Å². The fourth-order valence-electron chi connectivity index (χ4n) is 0.295. The molecule has 0 radical (unpaired) electrons. The lowest BCUT2D eigenvalue weighted by Crippen LogP contribution is -2.33. The summed E-state index contributed by atoms with van der Waals surface area (Å²) in [5, 5.41) is 8.29. The third-order valence-corrected chi connectivity index (χ3v) is 0.825. The summed E-state index contributed by atoms with van der Waals surface area (Å²) in [7, 11) is 0. The standard InChI is InChI=1S/C4H8F3N3O.HI/c5-4(6,7)2(11)1-10-3(8)9;/h2,11H,1H2,(H4,8,9,10);1H/t2-;/m0./s1. The van der Waals surface area contributed by atoms with Crippen LogP contribution >= 0.6 is 24.0 Å². The van der Waals surface area contributed by atoms with E-state index in [1.807, 2.05) is 0 Å². The highest BCUT2D eigenvalue weighted by atomic mass is 127. The van der Waals surface area contributed by atoms with Crippen molar-refractivity contribution in [1.82, 2.24) is 0 Å². The van der Waals surface area contributed by atoms with Gasteiger partial charge in [-0.1, -0.05) is 0 Å². The van der Waals surface area contributed by atoms with Crippen LogP contribution < -0.4 is 11.5 Å². The van der Waals surface area contributed by atoms with Gasteiger partial charge >= 0.3 is 6.18 Å². The first-order chi connectivity index (χ1) is 4.84. The van der Waals surface area contributed by atoms with Crippen LogP contribution in [0.2, 0.25) is 0 Å². The molecule has 0 aromatic rings. The van der Waals surface area contributed by atoms with Crippen molar-refractivity contribution in [3.63, 3.8) is 0 Å². The summed E-state index contributed by atoms with van der Waals surface area (Å²) >= 11 is 0. The second-order valence-electron chi connectivity index (χ2n) is 1.82. The number of alkyl halides is 3. The molecule has 0 spiro atoms. The highest BCUT2D eigenvalue weighted by Gasteiger charge is 2.37. The van der Waals surface area contributed by atoms with E-state index in [2.05, 4.69) is 4.99 Å². The number of aliphatic hydroxyl groups is 1. The van der Waals surface area contributed by atoms with Crippen LogP contribution in [0.15, 0.2) is 4.99 Å². The second kappa shape index (κ2) is 5.41. The average molecular weight is 299 g/mol. The zero-order valence-corrected chi connectivity index (χ0v) is 8.21. The van der Waals surface area contributed by atoms with Crippen molar-refractivity contribution in [3.05, 3.63) is 0 Å². The van der Waals surface area contributed by atoms with Crippen LogP contribution in [0, 0.1) is 0 Å². The first-order valence-corrected chi connectivity index (χ1v) is 2.64. The van der Waals surface area contributed by atoms with Crippen LogP contribution in [0.5, 0.6) is 0 Å². The van der Waals surface area contributed by atoms with Gasteiger partial charge in [0, 0.05) is 0 Å². The minimum atomic E-state index is -4.67. The lowest BCUT2D eigenvalue weighted by atomic mass is 10.3. The van der Waals surface area contributed by atoms with Crippen LogP contribution in [-0.4, -0.2) is 29.9 Å². The fourth-order valence-corrected chi connectivity index (χ4v) is 0.295. The molecule has 1 atom stereocenters. The minimum absolute atomic E-state index is 0. The Labute approximate surface area is 83.8 Å². The van der Waals surface area contributed by atoms with Gasteiger partial charge in [-0.2, -0.15) is 13.2 Å². The predicted molar refractivity (Wildman–Crippen MR) is 48.2 cm³/mol. The Hall–Kier alpha value is -0.250. The molecule has 0 heterocycles. The number of nitrogens with zero attached hydrogens (tertiary/aromatic N) is 1. The smallest absolute Gasteiger partial charge is 0.382 e. The van der Waals surface area contributed by atoms with Gasteiger partial charge in [0.25, 0.3) is 0 Å². The zero-order valence-electron chi connectivity index (χ0n) is 5.88. The van der Waals surface area contributed by atoms with Gasteiger partial charge in [0.1, 0.15) is 0 Å². The number of guanidine groups is 1. The maximum absolute atomic E-state index is 11.5. The van der Waals surface area contributed by atoms with E-state index in [0.717, 1.165) is 0 Å². The van der Waals surface area contributed by atoms with Crippen LogP contribution in [0.4, 0.5) is 13.2 Å². The summed E-state index contributed by atoms with van der Waals surface area (Å²) in [6, 6.07) is 0. The number of hydrogen-bond donors (Lipinski definition) is 3. The molecular formula is C4H9F3IN3O. The van der Waals surface area contributed by atoms with Crippen molar-refractivity contribution in [2.24, 2.45) is 16.5 Å². The van der Waals surface area contributed by atoms with Crippen molar-refractivity contribution in [1.29, 1.82) is 0 Å². The quantitative estimate of drug-likeness (QED) is 0.375. The normalized spacial score (nSPS) is 13.0. The van der Waals surface area contributed by atoms with Gasteiger partial charge in [-0.05, 0) is 0 Å². The van der Waals surface area contributed by atoms with E-state index >= 15 is 0 Å². The summed E-state index contributed by atoms with van der Waals surface area (Å²) in [6.45, 7) is -0.855. The van der Waals surface area contributed by atoms with Crippen LogP contribution in [0.25, 0.3) is 0 Å². The number of rotatable bonds is 2. The lowest BCUT2D eigenvalue weighted by molar-refractivity contribution is -0.199. The third kappa shape index (κ3) is 6.46. The van der Waals surface area contributed by atoms with Crippen molar-refractivity contribution >= 4 is 29.9 Å². The summed E-state index contributed by atoms with van der Waals surface area (Å²) in [5.41, 5.74) is 9.47. The van der Waals surface area contributed by atoms with Gasteiger partial charge in [0.15, 0.2) is 12.1 Å². The minimum Gasteiger partial charge on any atom is -0.382 e. The van der Waals surface area contributed by atoms with Crippen LogP contribution in [0.3, 0.4) is 0 Å². The highest BCUT2D eigenvalue weighted by molar-refractivity contribution is 14.0. The number of halogens is 4. The molecule has 12 heavy (non-hydrogen) atoms. The highest BCUT2D eigenvalue weighted by Crippen LogP contribution is 2.19. The molecule has 0 rings (SSSR count). The summed E-state index contributed by atoms with van der Waals surface area (Å²) < 4.78 is 34.5. The van der Waals surface area contributed by atoms with Crippen molar-refractivity contribution < 1.29 is 18.3 Å². The largest absolute Gasteiger partial charge is 0.416 e. The van der Waals surface area contributed by atoms with E-state index < -0.39 is 24.8 Å². The van der Waals surface area contributed by atoms with E-state index in [9.17, 15) is 13.2 Å². The fraction of sp³-hybridized carbons (Fsp3) is 0.750. The van der Waals surface area contributed by atoms with Gasteiger partial charge in [-0.3, -0.25) is 4.99 Å². The SMILES string of the molecule is I.NC(N)=NC[C@H](O)C(F)(F)F. The van der Waals surface area contributed by atoms with Crippen molar-refractivity contribution in [2.75, 3.05) is 6.54 Å². The van der Waals surface area contributed by atoms with Gasteiger partial charge in [-0.25, -0.2) is 0 Å². The van der Waals surface area contributed by atoms with E-state index in [-0.39, 0.29) is 24.0 Å². The zero-order chi connectivity index (χ0) is 9.07. The molecule has 74 valence electrons. The molecule has 4 nitrogen and oxygen atoms in total. The molecule has 0 amide bonds. The molecule has 0 aliphatic carbocycles. The predicted octanol–water partition coefficient (Wildman–Crippen LogP) is -0.199. The Balaban J connectivity index is 0. The Morgan fingerprint density at radius 3 is 2.08 bits per heavy atom. The number of aliphatic imine (C=N–C) groups is 1. The van der Waals surface area contributed by atoms with Gasteiger partial charge in [-0.15, -0.1) is 24.0 Å². The Kier molecular flexibility index (Phi) is 6.43. The number of hydrogen-bond acceptors (Lipinski definition) is 2. The van der Waals surface area contributed by atoms with Gasteiger partial charge < -0.3 is 16.6 Å². The molecule has 0 unspecified atom stereocenters. The first kappa shape index (κ1) is 14.3. The molecular weight excluding hydrogens is 290 g/mol. The maximum atomic E-state index is 11.5. The molecule has 0 fully saturated rings. The topological polar surface area (TPSA) is 84.6 Å². The Bertz CT molecular complexity index is 156. The molecule has 0 saturated heterocycles. The molecule has 0 bridgehead atoms. The van der Waals surface area contributed by atoms with Gasteiger partial charge in [0.05, 0.1) is 6.54 Å². The first-order valence-electron chi connectivity index (χ1n) is 2.64. The maximum Gasteiger partial charge on any atom is 0.416 e. The van der Waals surface area contributed by atoms with Crippen LogP contribution in [0.1, 0.15) is 0 Å². The monoisotopic (exact) mass is 299 g/mol. The molecule has 8 heteroatoms. The third-order valence-electron chi connectivity index (χ3n) is 0.825. The summed E-state index contributed by atoms with van der Waals surface area (Å²) in [5.74, 6) is -0.478. The average Bonchev–Trinajstić information content (AvgIpc) is 1.80. The second-order valence-corrected chi connectivity index (χ2v) is 1.82. The summed E-state index contributed by atoms with van der Waals surface area (Å²) in [4.78, 5) is 2.99. The van der Waals surface area contributed by atoms with E-state index in [0.29, 0.717) is 0 Å². The Morgan fingerprint density at radius 1 is 1.42 bits per heavy atom. The number of aliphatic hydroxyl groups excluding tert-OH is 1. The van der Waals surface area contributed by atoms with Crippen molar-refractivity contribution in [2.45, 2.75) is 12.3 Å². The van der Waals surface area contributed by atoms with Crippen LogP contribution in [-0.2, 0) is 0 Å². The number of nitrogens with two attached hydrogens (primary N) is 2. The van der Waals surface area contributed by atoms with E-state index in [1.165, 1.54) is 0 Å². The van der Waals surface area contributed by atoms with E-state index in [1.54, 1.807) is 0 Å². The molecule has 5 N–H and O–H groups in total. The Morgan fingerprint density at radius 2 is 1.83 bits per heavy atom. The lowest BCUT2D eigenvalue weighted by Gasteiger charge is -2.11. The molecule has 0 aliphatic heterocycles. The molecule has 0 saturated carbocycles. The summed E-state index contributed by atoms with van der Waals surface area (Å²) in [6.07, 6.45) is -7.16. The van der Waals surface area contributed by atoms with Crippen molar-refractivity contribution in [3.8, 4) is 0 Å². The molecule has 0 aromatic heterocycles. The van der Waals surface area contributed by atoms with Gasteiger partial charge in [0.2, 0.25) is 0 Å². The molecule has 0 aromatic carbocycles.